The van der Waals surface area contributed by atoms with Crippen LogP contribution in [0.15, 0.2) is 59.5 Å². The molecule has 0 heterocycles. The molecule has 2 aromatic rings. The average Bonchev–Trinajstić information content (AvgIpc) is 2.62. The second-order valence-electron chi connectivity index (χ2n) is 5.85. The summed E-state index contributed by atoms with van der Waals surface area (Å²) in [6, 6.07) is 16.7. The molecule has 4 nitrogen and oxygen atoms in total. The van der Waals surface area contributed by atoms with Gasteiger partial charge in [-0.25, -0.2) is 0 Å². The van der Waals surface area contributed by atoms with Crippen LogP contribution >= 0.6 is 12.6 Å². The van der Waals surface area contributed by atoms with E-state index in [0.717, 1.165) is 31.4 Å². The molecule has 2 aromatic carbocycles. The number of hydrogen-bond acceptors (Lipinski definition) is 3. The zero-order valence-corrected chi connectivity index (χ0v) is 15.1. The number of thiol groups is 1. The largest absolute Gasteiger partial charge is 0.352 e. The first kappa shape index (κ1) is 19.1. The Morgan fingerprint density at radius 3 is 2.28 bits per heavy atom. The summed E-state index contributed by atoms with van der Waals surface area (Å²) in [5.41, 5.74) is 1.43. The molecule has 0 saturated heterocycles. The Morgan fingerprint density at radius 2 is 1.52 bits per heavy atom. The monoisotopic (exact) mass is 356 g/mol. The van der Waals surface area contributed by atoms with Gasteiger partial charge in [-0.2, -0.15) is 0 Å². The highest BCUT2D eigenvalue weighted by molar-refractivity contribution is 7.80. The van der Waals surface area contributed by atoms with Crippen molar-refractivity contribution in [2.24, 2.45) is 0 Å². The fraction of sp³-hybridized carbons (Fsp3) is 0.300. The van der Waals surface area contributed by atoms with Crippen molar-refractivity contribution >= 4 is 30.1 Å². The minimum atomic E-state index is -0.0900. The maximum absolute atomic E-state index is 12.0. The highest BCUT2D eigenvalue weighted by Gasteiger charge is 2.07. The lowest BCUT2D eigenvalue weighted by atomic mass is 10.1. The molecule has 5 heteroatoms. The molecule has 2 N–H and O–H groups in total. The molecule has 25 heavy (non-hydrogen) atoms. The summed E-state index contributed by atoms with van der Waals surface area (Å²) in [7, 11) is 0. The fourth-order valence-electron chi connectivity index (χ4n) is 2.47. The minimum Gasteiger partial charge on any atom is -0.352 e. The van der Waals surface area contributed by atoms with Crippen LogP contribution in [0, 0.1) is 0 Å². The first-order valence-electron chi connectivity index (χ1n) is 8.58. The van der Waals surface area contributed by atoms with Crippen LogP contribution in [0.2, 0.25) is 0 Å². The van der Waals surface area contributed by atoms with Crippen molar-refractivity contribution in [2.45, 2.75) is 37.0 Å². The molecule has 0 bridgehead atoms. The topological polar surface area (TPSA) is 58.2 Å². The van der Waals surface area contributed by atoms with Gasteiger partial charge in [-0.05, 0) is 37.1 Å². The van der Waals surface area contributed by atoms with Gasteiger partial charge in [0.15, 0.2) is 0 Å². The summed E-state index contributed by atoms with van der Waals surface area (Å²) in [4.78, 5) is 24.5. The number of para-hydroxylation sites is 1. The Bertz CT molecular complexity index is 689. The smallest absolute Gasteiger partial charge is 0.252 e. The van der Waals surface area contributed by atoms with Crippen molar-refractivity contribution in [1.82, 2.24) is 5.32 Å². The van der Waals surface area contributed by atoms with Crippen LogP contribution in [0.1, 0.15) is 42.5 Å². The van der Waals surface area contributed by atoms with Crippen LogP contribution in [0.25, 0.3) is 0 Å². The van der Waals surface area contributed by atoms with E-state index in [0.29, 0.717) is 23.4 Å². The van der Waals surface area contributed by atoms with Gasteiger partial charge in [0.25, 0.3) is 5.91 Å². The molecular weight excluding hydrogens is 332 g/mol. The molecule has 2 amide bonds. The highest BCUT2D eigenvalue weighted by atomic mass is 32.1. The Kier molecular flexibility index (Phi) is 8.05. The lowest BCUT2D eigenvalue weighted by Gasteiger charge is -2.07. The van der Waals surface area contributed by atoms with Crippen LogP contribution in [0.4, 0.5) is 5.69 Å². The van der Waals surface area contributed by atoms with E-state index in [1.54, 1.807) is 12.1 Å². The lowest BCUT2D eigenvalue weighted by molar-refractivity contribution is -0.116. The van der Waals surface area contributed by atoms with Crippen molar-refractivity contribution < 1.29 is 9.59 Å². The number of nitrogens with one attached hydrogen (secondary N) is 2. The first-order valence-corrected chi connectivity index (χ1v) is 9.02. The fourth-order valence-corrected chi connectivity index (χ4v) is 2.73. The van der Waals surface area contributed by atoms with Crippen molar-refractivity contribution in [1.29, 1.82) is 0 Å². The molecule has 0 aliphatic heterocycles. The van der Waals surface area contributed by atoms with Crippen molar-refractivity contribution in [3.63, 3.8) is 0 Å². The van der Waals surface area contributed by atoms with E-state index in [2.05, 4.69) is 23.3 Å². The number of anilines is 1. The minimum absolute atomic E-state index is 0.0462. The summed E-state index contributed by atoms with van der Waals surface area (Å²) in [6.07, 6.45) is 4.24. The first-order chi connectivity index (χ1) is 12.2. The number of benzene rings is 2. The Hall–Kier alpha value is -2.27. The number of rotatable bonds is 9. The van der Waals surface area contributed by atoms with Gasteiger partial charge in [0, 0.05) is 23.5 Å². The van der Waals surface area contributed by atoms with Crippen LogP contribution in [0.5, 0.6) is 0 Å². The number of carbonyl (C=O) groups excluding carboxylic acids is 2. The average molecular weight is 356 g/mol. The zero-order valence-electron chi connectivity index (χ0n) is 14.2. The molecule has 0 aliphatic carbocycles. The van der Waals surface area contributed by atoms with E-state index in [1.165, 1.54) is 0 Å². The summed E-state index contributed by atoms with van der Waals surface area (Å²) in [5.74, 6) is -0.0438. The molecule has 0 radical (unpaired) electrons. The summed E-state index contributed by atoms with van der Waals surface area (Å²) in [5, 5.41) is 5.78. The lowest BCUT2D eigenvalue weighted by Crippen LogP contribution is -2.24. The van der Waals surface area contributed by atoms with Crippen LogP contribution < -0.4 is 10.6 Å². The van der Waals surface area contributed by atoms with Crippen LogP contribution in [0.3, 0.4) is 0 Å². The second-order valence-corrected chi connectivity index (χ2v) is 6.33. The van der Waals surface area contributed by atoms with Crippen molar-refractivity contribution in [3.05, 3.63) is 60.2 Å². The molecule has 0 atom stereocenters. The predicted octanol–water partition coefficient (Wildman–Crippen LogP) is 4.29. The van der Waals surface area contributed by atoms with Crippen LogP contribution in [-0.2, 0) is 4.79 Å². The van der Waals surface area contributed by atoms with Crippen molar-refractivity contribution in [3.8, 4) is 0 Å². The Balaban J connectivity index is 1.53. The van der Waals surface area contributed by atoms with E-state index in [1.807, 2.05) is 42.5 Å². The molecule has 0 spiro atoms. The van der Waals surface area contributed by atoms with Crippen LogP contribution in [-0.4, -0.2) is 18.4 Å². The van der Waals surface area contributed by atoms with Gasteiger partial charge in [-0.1, -0.05) is 43.2 Å². The van der Waals surface area contributed by atoms with Gasteiger partial charge in [0.05, 0.1) is 5.56 Å². The number of carbonyl (C=O) groups is 2. The molecule has 0 fully saturated rings. The molecule has 132 valence electrons. The third-order valence-corrected chi connectivity index (χ3v) is 4.21. The number of unbranched alkanes of at least 4 members (excludes halogenated alkanes) is 3. The molecule has 0 aliphatic rings. The van der Waals surface area contributed by atoms with Gasteiger partial charge in [-0.15, -0.1) is 12.6 Å². The van der Waals surface area contributed by atoms with E-state index >= 15 is 0 Å². The third-order valence-electron chi connectivity index (χ3n) is 3.82. The summed E-state index contributed by atoms with van der Waals surface area (Å²) < 4.78 is 0. The molecule has 0 unspecified atom stereocenters. The zero-order chi connectivity index (χ0) is 17.9. The van der Waals surface area contributed by atoms with Gasteiger partial charge >= 0.3 is 0 Å². The maximum Gasteiger partial charge on any atom is 0.252 e. The van der Waals surface area contributed by atoms with E-state index in [4.69, 9.17) is 0 Å². The Morgan fingerprint density at radius 1 is 0.840 bits per heavy atom. The predicted molar refractivity (Wildman–Crippen MR) is 104 cm³/mol. The standard InChI is InChI=1S/C20H24N2O2S/c23-19(22-16-10-4-3-5-11-16)14-6-1-2-9-15-21-20(24)17-12-7-8-13-18(17)25/h3-5,7-8,10-13,25H,1-2,6,9,14-15H2,(H,21,24)(H,22,23). The second kappa shape index (κ2) is 10.6. The summed E-state index contributed by atoms with van der Waals surface area (Å²) in [6.45, 7) is 0.636. The molecular formula is C20H24N2O2S. The van der Waals surface area contributed by atoms with E-state index in [9.17, 15) is 9.59 Å². The Labute approximate surface area is 154 Å². The third kappa shape index (κ3) is 7.01. The van der Waals surface area contributed by atoms with Gasteiger partial charge in [-0.3, -0.25) is 9.59 Å². The summed E-state index contributed by atoms with van der Waals surface area (Å²) >= 11 is 4.28. The van der Waals surface area contributed by atoms with Gasteiger partial charge in [0.1, 0.15) is 0 Å². The van der Waals surface area contributed by atoms with Crippen molar-refractivity contribution in [2.75, 3.05) is 11.9 Å². The van der Waals surface area contributed by atoms with Gasteiger partial charge in [0.2, 0.25) is 5.91 Å². The normalized spacial score (nSPS) is 10.3. The maximum atomic E-state index is 12.0. The van der Waals surface area contributed by atoms with E-state index in [-0.39, 0.29) is 11.8 Å². The number of amides is 2. The molecule has 2 rings (SSSR count). The highest BCUT2D eigenvalue weighted by Crippen LogP contribution is 2.12. The molecule has 0 saturated carbocycles. The molecule has 0 aromatic heterocycles. The number of hydrogen-bond donors (Lipinski definition) is 3. The van der Waals surface area contributed by atoms with Gasteiger partial charge < -0.3 is 10.6 Å². The van der Waals surface area contributed by atoms with E-state index < -0.39 is 0 Å². The quantitative estimate of drug-likeness (QED) is 0.463. The SMILES string of the molecule is O=C(CCCCCCNC(=O)c1ccccc1S)Nc1ccccc1.